The second-order valence-corrected chi connectivity index (χ2v) is 10.5. The maximum absolute atomic E-state index is 12.9. The SMILES string of the molecule is COc1cc(/C=C2/SC(=O)N(CC(=O)Nc3cccc(SC)c3)C2=O)ccc1OCC(=O)Nc1cccc(C)c1. The van der Waals surface area contributed by atoms with Gasteiger partial charge in [0, 0.05) is 16.3 Å². The van der Waals surface area contributed by atoms with Gasteiger partial charge in [0.15, 0.2) is 18.1 Å². The molecule has 0 unspecified atom stereocenters. The number of anilines is 2. The second-order valence-electron chi connectivity index (χ2n) is 8.66. The molecule has 3 aromatic rings. The molecule has 1 saturated heterocycles. The van der Waals surface area contributed by atoms with Crippen molar-refractivity contribution in [2.45, 2.75) is 11.8 Å². The number of hydrogen-bond acceptors (Lipinski definition) is 8. The first-order chi connectivity index (χ1) is 19.2. The summed E-state index contributed by atoms with van der Waals surface area (Å²) in [6.07, 6.45) is 3.47. The number of nitrogens with zero attached hydrogens (tertiary/aromatic N) is 1. The summed E-state index contributed by atoms with van der Waals surface area (Å²) in [6, 6.07) is 19.6. The fourth-order valence-corrected chi connectivity index (χ4v) is 5.09. The van der Waals surface area contributed by atoms with Crippen LogP contribution in [0, 0.1) is 6.92 Å². The Hall–Kier alpha value is -4.22. The Balaban J connectivity index is 1.38. The molecule has 0 aromatic heterocycles. The van der Waals surface area contributed by atoms with Crippen LogP contribution in [0.5, 0.6) is 11.5 Å². The molecule has 9 nitrogen and oxygen atoms in total. The van der Waals surface area contributed by atoms with Crippen molar-refractivity contribution >= 4 is 63.9 Å². The molecule has 4 amide bonds. The largest absolute Gasteiger partial charge is 0.493 e. The fourth-order valence-electron chi connectivity index (χ4n) is 3.79. The van der Waals surface area contributed by atoms with E-state index < -0.39 is 23.6 Å². The summed E-state index contributed by atoms with van der Waals surface area (Å²) in [5, 5.41) is 4.96. The van der Waals surface area contributed by atoms with Crippen LogP contribution in [-0.4, -0.2) is 54.4 Å². The third-order valence-corrected chi connectivity index (χ3v) is 7.31. The van der Waals surface area contributed by atoms with Gasteiger partial charge < -0.3 is 20.1 Å². The maximum Gasteiger partial charge on any atom is 0.294 e. The van der Waals surface area contributed by atoms with Crippen LogP contribution in [0.4, 0.5) is 16.2 Å². The highest BCUT2D eigenvalue weighted by Gasteiger charge is 2.36. The summed E-state index contributed by atoms with van der Waals surface area (Å²) in [4.78, 5) is 52.3. The van der Waals surface area contributed by atoms with Gasteiger partial charge in [-0.3, -0.25) is 24.1 Å². The number of nitrogens with one attached hydrogen (secondary N) is 2. The monoisotopic (exact) mass is 577 g/mol. The van der Waals surface area contributed by atoms with Gasteiger partial charge in [-0.15, -0.1) is 11.8 Å². The van der Waals surface area contributed by atoms with E-state index in [2.05, 4.69) is 10.6 Å². The lowest BCUT2D eigenvalue weighted by atomic mass is 10.2. The third-order valence-electron chi connectivity index (χ3n) is 5.67. The molecule has 0 bridgehead atoms. The smallest absolute Gasteiger partial charge is 0.294 e. The highest BCUT2D eigenvalue weighted by atomic mass is 32.2. The second kappa shape index (κ2) is 13.2. The number of methoxy groups -OCH3 is 1. The van der Waals surface area contributed by atoms with E-state index in [0.717, 1.165) is 27.1 Å². The van der Waals surface area contributed by atoms with Gasteiger partial charge in [-0.1, -0.05) is 24.3 Å². The van der Waals surface area contributed by atoms with Gasteiger partial charge in [0.05, 0.1) is 12.0 Å². The van der Waals surface area contributed by atoms with E-state index in [9.17, 15) is 19.2 Å². The average Bonchev–Trinajstić information content (AvgIpc) is 3.19. The number of rotatable bonds is 10. The first-order valence-electron chi connectivity index (χ1n) is 12.1. The molecule has 2 N–H and O–H groups in total. The molecule has 0 radical (unpaired) electrons. The molecule has 0 atom stereocenters. The van der Waals surface area contributed by atoms with E-state index in [-0.39, 0.29) is 17.4 Å². The predicted molar refractivity (Wildman–Crippen MR) is 158 cm³/mol. The van der Waals surface area contributed by atoms with Gasteiger partial charge >= 0.3 is 0 Å². The minimum absolute atomic E-state index is 0.176. The lowest BCUT2D eigenvalue weighted by Gasteiger charge is -2.13. The van der Waals surface area contributed by atoms with Crippen molar-refractivity contribution in [1.29, 1.82) is 0 Å². The minimum Gasteiger partial charge on any atom is -0.493 e. The van der Waals surface area contributed by atoms with E-state index in [0.29, 0.717) is 28.4 Å². The van der Waals surface area contributed by atoms with E-state index in [1.165, 1.54) is 18.9 Å². The Morgan fingerprint density at radius 3 is 2.40 bits per heavy atom. The van der Waals surface area contributed by atoms with Crippen molar-refractivity contribution in [3.8, 4) is 11.5 Å². The maximum atomic E-state index is 12.9. The lowest BCUT2D eigenvalue weighted by Crippen LogP contribution is -2.36. The molecule has 1 fully saturated rings. The summed E-state index contributed by atoms with van der Waals surface area (Å²) >= 11 is 2.29. The number of benzene rings is 3. The van der Waals surface area contributed by atoms with Gasteiger partial charge in [0.25, 0.3) is 17.1 Å². The van der Waals surface area contributed by atoms with Crippen LogP contribution in [0.2, 0.25) is 0 Å². The highest BCUT2D eigenvalue weighted by Crippen LogP contribution is 2.34. The van der Waals surface area contributed by atoms with Gasteiger partial charge in [-0.25, -0.2) is 0 Å². The summed E-state index contributed by atoms with van der Waals surface area (Å²) in [5.41, 5.74) is 2.86. The zero-order valence-corrected chi connectivity index (χ0v) is 23.7. The molecule has 0 spiro atoms. The van der Waals surface area contributed by atoms with Crippen molar-refractivity contribution in [3.05, 3.63) is 82.8 Å². The van der Waals surface area contributed by atoms with Crippen LogP contribution in [-0.2, 0) is 14.4 Å². The van der Waals surface area contributed by atoms with Crippen molar-refractivity contribution in [2.75, 3.05) is 37.2 Å². The predicted octanol–water partition coefficient (Wildman–Crippen LogP) is 5.42. The molecule has 40 heavy (non-hydrogen) atoms. The lowest BCUT2D eigenvalue weighted by molar-refractivity contribution is -0.127. The number of imide groups is 1. The van der Waals surface area contributed by atoms with Crippen molar-refractivity contribution < 1.29 is 28.7 Å². The van der Waals surface area contributed by atoms with Crippen LogP contribution in [0.15, 0.2) is 76.5 Å². The van der Waals surface area contributed by atoms with Gasteiger partial charge in [0.1, 0.15) is 6.54 Å². The summed E-state index contributed by atoms with van der Waals surface area (Å²) in [6.45, 7) is 1.31. The van der Waals surface area contributed by atoms with Gasteiger partial charge in [-0.2, -0.15) is 0 Å². The summed E-state index contributed by atoms with van der Waals surface area (Å²) in [7, 11) is 1.46. The number of carbonyl (C=O) groups excluding carboxylic acids is 4. The molecular formula is C29H27N3O6S2. The molecule has 11 heteroatoms. The van der Waals surface area contributed by atoms with Crippen LogP contribution >= 0.6 is 23.5 Å². The van der Waals surface area contributed by atoms with Crippen molar-refractivity contribution in [2.24, 2.45) is 0 Å². The van der Waals surface area contributed by atoms with Crippen LogP contribution in [0.1, 0.15) is 11.1 Å². The summed E-state index contributed by atoms with van der Waals surface area (Å²) < 4.78 is 11.0. The number of ether oxygens (including phenoxy) is 2. The third kappa shape index (κ3) is 7.45. The first-order valence-corrected chi connectivity index (χ1v) is 14.2. The zero-order chi connectivity index (χ0) is 28.6. The average molecular weight is 578 g/mol. The Morgan fingerprint density at radius 2 is 1.68 bits per heavy atom. The normalized spacial score (nSPS) is 13.9. The van der Waals surface area contributed by atoms with E-state index in [1.807, 2.05) is 49.6 Å². The van der Waals surface area contributed by atoms with Crippen molar-refractivity contribution in [1.82, 2.24) is 4.90 Å². The number of aryl methyl sites for hydroxylation is 1. The van der Waals surface area contributed by atoms with Gasteiger partial charge in [-0.05, 0) is 84.6 Å². The Morgan fingerprint density at radius 1 is 0.950 bits per heavy atom. The molecule has 0 saturated carbocycles. The van der Waals surface area contributed by atoms with E-state index in [4.69, 9.17) is 9.47 Å². The molecule has 0 aliphatic carbocycles. The Labute approximate surface area is 240 Å². The molecule has 3 aromatic carbocycles. The quantitative estimate of drug-likeness (QED) is 0.243. The van der Waals surface area contributed by atoms with Gasteiger partial charge in [0.2, 0.25) is 5.91 Å². The highest BCUT2D eigenvalue weighted by molar-refractivity contribution is 8.18. The number of hydrogen-bond donors (Lipinski definition) is 2. The molecular weight excluding hydrogens is 550 g/mol. The number of amides is 4. The minimum atomic E-state index is -0.560. The zero-order valence-electron chi connectivity index (χ0n) is 22.1. The summed E-state index contributed by atoms with van der Waals surface area (Å²) in [5.74, 6) is -0.671. The molecule has 4 rings (SSSR count). The van der Waals surface area contributed by atoms with E-state index in [1.54, 1.807) is 36.4 Å². The molecule has 206 valence electrons. The number of carbonyl (C=O) groups is 4. The molecule has 1 aliphatic heterocycles. The first kappa shape index (κ1) is 28.8. The Kier molecular flexibility index (Phi) is 9.52. The van der Waals surface area contributed by atoms with E-state index >= 15 is 0 Å². The number of thioether (sulfide) groups is 2. The Bertz CT molecular complexity index is 1490. The van der Waals surface area contributed by atoms with Crippen LogP contribution in [0.3, 0.4) is 0 Å². The van der Waals surface area contributed by atoms with Crippen LogP contribution < -0.4 is 20.1 Å². The van der Waals surface area contributed by atoms with Crippen LogP contribution in [0.25, 0.3) is 6.08 Å². The standard InChI is InChI=1S/C29H27N3O6S2/c1-18-6-4-7-20(12-18)31-27(34)17-38-23-11-10-19(13-24(23)37-2)14-25-28(35)32(29(36)40-25)16-26(33)30-21-8-5-9-22(15-21)39-3/h4-15H,16-17H2,1-3H3,(H,30,33)(H,31,34)/b25-14+. The fraction of sp³-hybridized carbons (Fsp3) is 0.172. The molecule has 1 aliphatic rings. The van der Waals surface area contributed by atoms with Crippen molar-refractivity contribution in [3.63, 3.8) is 0 Å². The molecule has 1 heterocycles. The topological polar surface area (TPSA) is 114 Å².